The molecular weight excluding hydrogens is 279 g/mol. The fourth-order valence-electron chi connectivity index (χ4n) is 0.880. The molecule has 8 heteroatoms. The fraction of sp³-hybridized carbons (Fsp3) is 0.286. The summed E-state index contributed by atoms with van der Waals surface area (Å²) in [6.45, 7) is -0.0221. The van der Waals surface area contributed by atoms with E-state index in [1.807, 2.05) is 0 Å². The Balaban J connectivity index is 3.11. The van der Waals surface area contributed by atoms with Crippen LogP contribution >= 0.6 is 15.9 Å². The second kappa shape index (κ2) is 4.23. The predicted octanol–water partition coefficient (Wildman–Crippen LogP) is 1.78. The van der Waals surface area contributed by atoms with Crippen LogP contribution in [0.25, 0.3) is 0 Å². The molecule has 0 atom stereocenters. The van der Waals surface area contributed by atoms with Gasteiger partial charge in [0, 0.05) is 12.6 Å². The van der Waals surface area contributed by atoms with Gasteiger partial charge in [0.15, 0.2) is 0 Å². The molecule has 1 aromatic rings. The van der Waals surface area contributed by atoms with E-state index < -0.39 is 12.1 Å². The summed E-state index contributed by atoms with van der Waals surface area (Å²) in [7, 11) is 0. The molecule has 1 rings (SSSR count). The first-order valence-corrected chi connectivity index (χ1v) is 4.53. The number of nitrogens with two attached hydrogens (primary N) is 2. The molecule has 0 bridgehead atoms. The monoisotopic (exact) mass is 285 g/mol. The Hall–Kier alpha value is -1.02. The Kier molecular flexibility index (Phi) is 3.40. The molecule has 0 aliphatic heterocycles. The maximum atomic E-state index is 12.0. The Morgan fingerprint density at radius 1 is 1.47 bits per heavy atom. The van der Waals surface area contributed by atoms with Crippen LogP contribution in [-0.2, 0) is 6.54 Å². The van der Waals surface area contributed by atoms with Crippen LogP contribution in [0.3, 0.4) is 0 Å². The minimum absolute atomic E-state index is 0.0221. The molecule has 4 nitrogen and oxygen atoms in total. The number of nitrogen functional groups attached to an aromatic ring is 1. The lowest BCUT2D eigenvalue weighted by molar-refractivity contribution is -0.274. The van der Waals surface area contributed by atoms with Crippen molar-refractivity contribution in [3.05, 3.63) is 16.2 Å². The first-order valence-electron chi connectivity index (χ1n) is 3.74. The van der Waals surface area contributed by atoms with Crippen LogP contribution in [0.2, 0.25) is 0 Å². The normalized spacial score (nSPS) is 11.5. The largest absolute Gasteiger partial charge is 0.573 e. The van der Waals surface area contributed by atoms with Crippen LogP contribution in [0.15, 0.2) is 10.5 Å². The summed E-state index contributed by atoms with van der Waals surface area (Å²) in [4.78, 5) is 3.74. The molecule has 1 aromatic heterocycles. The lowest BCUT2D eigenvalue weighted by Gasteiger charge is -2.12. The van der Waals surface area contributed by atoms with Gasteiger partial charge < -0.3 is 16.2 Å². The molecule has 1 heterocycles. The number of anilines is 1. The SMILES string of the molecule is NCc1cc(OC(F)(F)F)c(Br)c(N)n1. The molecule has 0 aromatic carbocycles. The average molecular weight is 286 g/mol. The van der Waals surface area contributed by atoms with Crippen LogP contribution in [-0.4, -0.2) is 11.3 Å². The Morgan fingerprint density at radius 2 is 2.07 bits per heavy atom. The van der Waals surface area contributed by atoms with Gasteiger partial charge in [-0.15, -0.1) is 13.2 Å². The summed E-state index contributed by atoms with van der Waals surface area (Å²) >= 11 is 2.84. The lowest BCUT2D eigenvalue weighted by Crippen LogP contribution is -2.18. The minimum atomic E-state index is -4.78. The highest BCUT2D eigenvalue weighted by atomic mass is 79.9. The molecular formula is C7H7BrF3N3O. The molecule has 84 valence electrons. The van der Waals surface area contributed by atoms with Crippen molar-refractivity contribution in [3.63, 3.8) is 0 Å². The van der Waals surface area contributed by atoms with E-state index >= 15 is 0 Å². The quantitative estimate of drug-likeness (QED) is 0.869. The fourth-order valence-corrected chi connectivity index (χ4v) is 1.16. The van der Waals surface area contributed by atoms with Gasteiger partial charge in [-0.2, -0.15) is 0 Å². The van der Waals surface area contributed by atoms with Gasteiger partial charge >= 0.3 is 6.36 Å². The standard InChI is InChI=1S/C7H7BrF3N3O/c8-5-4(15-7(9,10)11)1-3(2-12)14-6(5)13/h1H,2,12H2,(H2,13,14). The Bertz CT molecular complexity index is 369. The van der Waals surface area contributed by atoms with E-state index in [1.54, 1.807) is 0 Å². The van der Waals surface area contributed by atoms with E-state index in [4.69, 9.17) is 11.5 Å². The van der Waals surface area contributed by atoms with Gasteiger partial charge in [0.2, 0.25) is 0 Å². The second-order valence-electron chi connectivity index (χ2n) is 2.56. The maximum Gasteiger partial charge on any atom is 0.573 e. The number of alkyl halides is 3. The number of hydrogen-bond acceptors (Lipinski definition) is 4. The highest BCUT2D eigenvalue weighted by Gasteiger charge is 2.32. The van der Waals surface area contributed by atoms with Gasteiger partial charge in [-0.1, -0.05) is 0 Å². The van der Waals surface area contributed by atoms with Crippen LogP contribution in [0.1, 0.15) is 5.69 Å². The summed E-state index contributed by atoms with van der Waals surface area (Å²) in [5, 5.41) is 0. The van der Waals surface area contributed by atoms with Crippen molar-refractivity contribution < 1.29 is 17.9 Å². The first-order chi connectivity index (χ1) is 6.83. The third-order valence-corrected chi connectivity index (χ3v) is 2.23. The van der Waals surface area contributed by atoms with Crippen LogP contribution < -0.4 is 16.2 Å². The minimum Gasteiger partial charge on any atom is -0.404 e. The average Bonchev–Trinajstić information content (AvgIpc) is 2.10. The van der Waals surface area contributed by atoms with Gasteiger partial charge in [-0.3, -0.25) is 0 Å². The molecule has 0 aliphatic rings. The van der Waals surface area contributed by atoms with Crippen molar-refractivity contribution in [1.29, 1.82) is 0 Å². The highest BCUT2D eigenvalue weighted by Crippen LogP contribution is 2.33. The molecule has 0 unspecified atom stereocenters. The van der Waals surface area contributed by atoms with Gasteiger partial charge in [-0.25, -0.2) is 4.98 Å². The summed E-state index contributed by atoms with van der Waals surface area (Å²) in [6, 6.07) is 1.08. The van der Waals surface area contributed by atoms with Crippen molar-refractivity contribution in [2.45, 2.75) is 12.9 Å². The third kappa shape index (κ3) is 3.24. The summed E-state index contributed by atoms with van der Waals surface area (Å²) in [5.41, 5.74) is 10.8. The van der Waals surface area contributed by atoms with Crippen molar-refractivity contribution in [3.8, 4) is 5.75 Å². The molecule has 15 heavy (non-hydrogen) atoms. The van der Waals surface area contributed by atoms with Gasteiger partial charge in [-0.05, 0) is 15.9 Å². The number of nitrogens with zero attached hydrogens (tertiary/aromatic N) is 1. The first kappa shape index (κ1) is 12.1. The zero-order valence-corrected chi connectivity index (χ0v) is 8.89. The van der Waals surface area contributed by atoms with Crippen molar-refractivity contribution in [1.82, 2.24) is 4.98 Å². The number of ether oxygens (including phenoxy) is 1. The van der Waals surface area contributed by atoms with Gasteiger partial charge in [0.05, 0.1) is 5.69 Å². The van der Waals surface area contributed by atoms with E-state index in [0.717, 1.165) is 6.07 Å². The molecule has 0 amide bonds. The zero-order valence-electron chi connectivity index (χ0n) is 7.31. The van der Waals surface area contributed by atoms with Crippen molar-refractivity contribution in [2.75, 3.05) is 5.73 Å². The van der Waals surface area contributed by atoms with E-state index in [-0.39, 0.29) is 22.5 Å². The van der Waals surface area contributed by atoms with Gasteiger partial charge in [0.1, 0.15) is 16.0 Å². The molecule has 0 aliphatic carbocycles. The highest BCUT2D eigenvalue weighted by molar-refractivity contribution is 9.10. The van der Waals surface area contributed by atoms with E-state index in [0.29, 0.717) is 0 Å². The van der Waals surface area contributed by atoms with Gasteiger partial charge in [0.25, 0.3) is 0 Å². The molecule has 0 fully saturated rings. The molecule has 4 N–H and O–H groups in total. The number of rotatable bonds is 2. The number of halogens is 4. The summed E-state index contributed by atoms with van der Waals surface area (Å²) < 4.78 is 39.5. The zero-order chi connectivity index (χ0) is 11.6. The van der Waals surface area contributed by atoms with Crippen LogP contribution in [0, 0.1) is 0 Å². The molecule has 0 spiro atoms. The lowest BCUT2D eigenvalue weighted by atomic mass is 10.3. The number of aromatic nitrogens is 1. The predicted molar refractivity (Wildman–Crippen MR) is 50.9 cm³/mol. The summed E-state index contributed by atoms with van der Waals surface area (Å²) in [5.74, 6) is -0.548. The summed E-state index contributed by atoms with van der Waals surface area (Å²) in [6.07, 6.45) is -4.78. The van der Waals surface area contributed by atoms with Crippen LogP contribution in [0.4, 0.5) is 19.0 Å². The molecule has 0 saturated carbocycles. The van der Waals surface area contributed by atoms with E-state index in [9.17, 15) is 13.2 Å². The smallest absolute Gasteiger partial charge is 0.404 e. The molecule has 0 radical (unpaired) electrons. The number of pyridine rings is 1. The second-order valence-corrected chi connectivity index (χ2v) is 3.36. The van der Waals surface area contributed by atoms with Crippen molar-refractivity contribution in [2.24, 2.45) is 5.73 Å². The van der Waals surface area contributed by atoms with Crippen LogP contribution in [0.5, 0.6) is 5.75 Å². The topological polar surface area (TPSA) is 74.2 Å². The number of hydrogen-bond donors (Lipinski definition) is 2. The van der Waals surface area contributed by atoms with E-state index in [2.05, 4.69) is 25.7 Å². The third-order valence-electron chi connectivity index (χ3n) is 1.44. The Labute approximate surface area is 91.5 Å². The van der Waals surface area contributed by atoms with E-state index in [1.165, 1.54) is 0 Å². The Morgan fingerprint density at radius 3 is 2.53 bits per heavy atom. The maximum absolute atomic E-state index is 12.0. The van der Waals surface area contributed by atoms with Crippen molar-refractivity contribution >= 4 is 21.7 Å². The molecule has 0 saturated heterocycles.